The van der Waals surface area contributed by atoms with E-state index in [1.807, 2.05) is 20.8 Å². The zero-order valence-corrected chi connectivity index (χ0v) is 12.3. The summed E-state index contributed by atoms with van der Waals surface area (Å²) in [6.45, 7) is 5.91. The lowest BCUT2D eigenvalue weighted by atomic mass is 10.0. The van der Waals surface area contributed by atoms with Crippen molar-refractivity contribution in [2.45, 2.75) is 26.7 Å². The summed E-state index contributed by atoms with van der Waals surface area (Å²) in [5.41, 5.74) is 1.92. The van der Waals surface area contributed by atoms with Crippen LogP contribution in [-0.2, 0) is 0 Å². The van der Waals surface area contributed by atoms with Gasteiger partial charge in [0.2, 0.25) is 0 Å². The van der Waals surface area contributed by atoms with Gasteiger partial charge in [-0.25, -0.2) is 9.78 Å². The maximum atomic E-state index is 12.0. The molecule has 4 nitrogen and oxygen atoms in total. The summed E-state index contributed by atoms with van der Waals surface area (Å²) in [5.74, 6) is 0.212. The predicted octanol–water partition coefficient (Wildman–Crippen LogP) is 3.78. The van der Waals surface area contributed by atoms with Gasteiger partial charge in [-0.05, 0) is 36.1 Å². The van der Waals surface area contributed by atoms with E-state index in [1.54, 1.807) is 12.1 Å². The number of carbonyl (C=O) groups excluding carboxylic acids is 1. The van der Waals surface area contributed by atoms with E-state index in [2.05, 4.69) is 9.97 Å². The summed E-state index contributed by atoms with van der Waals surface area (Å²) in [7, 11) is 0. The molecule has 0 fully saturated rings. The number of nitrogens with zero attached hydrogens (tertiary/aromatic N) is 2. The molecule has 0 unspecified atom stereocenters. The number of hydrogen-bond donors (Lipinski definition) is 0. The van der Waals surface area contributed by atoms with Gasteiger partial charge in [0.1, 0.15) is 5.75 Å². The first-order valence-electron chi connectivity index (χ1n) is 6.27. The van der Waals surface area contributed by atoms with Crippen LogP contribution >= 0.6 is 11.6 Å². The maximum Gasteiger partial charge on any atom is 0.363 e. The first kappa shape index (κ1) is 14.5. The number of ether oxygens (including phenoxy) is 1. The topological polar surface area (TPSA) is 52.1 Å². The van der Waals surface area contributed by atoms with Crippen LogP contribution in [0.15, 0.2) is 30.7 Å². The quantitative estimate of drug-likeness (QED) is 0.637. The molecule has 0 spiro atoms. The highest BCUT2D eigenvalue weighted by Crippen LogP contribution is 2.31. The smallest absolute Gasteiger partial charge is 0.363 e. The zero-order valence-electron chi connectivity index (χ0n) is 11.6. The summed E-state index contributed by atoms with van der Waals surface area (Å²) in [5, 5.41) is 0.678. The lowest BCUT2D eigenvalue weighted by Crippen LogP contribution is -2.11. The highest BCUT2D eigenvalue weighted by molar-refractivity contribution is 6.31. The van der Waals surface area contributed by atoms with E-state index in [-0.39, 0.29) is 11.6 Å². The number of hydrogen-bond acceptors (Lipinski definition) is 4. The average molecular weight is 291 g/mol. The Hall–Kier alpha value is -1.94. The standard InChI is InChI=1S/C15H15ClN2O2/c1-9(2)11-7-14(10(3)6-12(11)16)20-15(19)13-8-17-4-5-18-13/h4-9H,1-3H3. The number of aromatic nitrogens is 2. The Morgan fingerprint density at radius 3 is 2.65 bits per heavy atom. The van der Waals surface area contributed by atoms with Crippen LogP contribution in [-0.4, -0.2) is 15.9 Å². The summed E-state index contributed by atoms with van der Waals surface area (Å²) in [6.07, 6.45) is 4.32. The van der Waals surface area contributed by atoms with E-state index in [9.17, 15) is 4.79 Å². The monoisotopic (exact) mass is 290 g/mol. The maximum absolute atomic E-state index is 12.0. The fraction of sp³-hybridized carbons (Fsp3) is 0.267. The Labute approximate surface area is 122 Å². The number of halogens is 1. The van der Waals surface area contributed by atoms with Crippen molar-refractivity contribution in [2.24, 2.45) is 0 Å². The third-order valence-corrected chi connectivity index (χ3v) is 3.22. The second kappa shape index (κ2) is 6.01. The lowest BCUT2D eigenvalue weighted by molar-refractivity contribution is 0.0726. The molecule has 0 bridgehead atoms. The van der Waals surface area contributed by atoms with Gasteiger partial charge in [0.15, 0.2) is 5.69 Å². The van der Waals surface area contributed by atoms with Gasteiger partial charge >= 0.3 is 5.97 Å². The van der Waals surface area contributed by atoms with E-state index in [0.29, 0.717) is 10.8 Å². The molecule has 0 atom stereocenters. The summed E-state index contributed by atoms with van der Waals surface area (Å²) < 4.78 is 5.38. The SMILES string of the molecule is Cc1cc(Cl)c(C(C)C)cc1OC(=O)c1cnccn1. The van der Waals surface area contributed by atoms with Crippen LogP contribution in [0.2, 0.25) is 5.02 Å². The summed E-state index contributed by atoms with van der Waals surface area (Å²) in [4.78, 5) is 19.7. The molecule has 0 aliphatic rings. The number of aryl methyl sites for hydroxylation is 1. The number of rotatable bonds is 3. The molecule has 20 heavy (non-hydrogen) atoms. The molecule has 0 saturated heterocycles. The van der Waals surface area contributed by atoms with Crippen LogP contribution in [0.1, 0.15) is 41.4 Å². The van der Waals surface area contributed by atoms with Gasteiger partial charge < -0.3 is 4.74 Å². The van der Waals surface area contributed by atoms with E-state index in [4.69, 9.17) is 16.3 Å². The van der Waals surface area contributed by atoms with E-state index >= 15 is 0 Å². The van der Waals surface area contributed by atoms with Crippen LogP contribution in [0.4, 0.5) is 0 Å². The van der Waals surface area contributed by atoms with Crippen LogP contribution in [0.3, 0.4) is 0 Å². The Balaban J connectivity index is 2.30. The highest BCUT2D eigenvalue weighted by atomic mass is 35.5. The first-order valence-corrected chi connectivity index (χ1v) is 6.65. The minimum Gasteiger partial charge on any atom is -0.421 e. The van der Waals surface area contributed by atoms with Gasteiger partial charge in [-0.1, -0.05) is 25.4 Å². The number of benzene rings is 1. The molecule has 0 aliphatic carbocycles. The third kappa shape index (κ3) is 3.14. The molecular weight excluding hydrogens is 276 g/mol. The molecule has 2 rings (SSSR count). The highest BCUT2D eigenvalue weighted by Gasteiger charge is 2.15. The normalized spacial score (nSPS) is 10.7. The first-order chi connectivity index (χ1) is 9.49. The average Bonchev–Trinajstić information content (AvgIpc) is 2.42. The van der Waals surface area contributed by atoms with Crippen molar-refractivity contribution in [2.75, 3.05) is 0 Å². The van der Waals surface area contributed by atoms with Gasteiger partial charge in [0, 0.05) is 17.4 Å². The summed E-state index contributed by atoms with van der Waals surface area (Å²) in [6, 6.07) is 3.60. The van der Waals surface area contributed by atoms with Crippen LogP contribution < -0.4 is 4.74 Å². The largest absolute Gasteiger partial charge is 0.421 e. The predicted molar refractivity (Wildman–Crippen MR) is 77.3 cm³/mol. The molecule has 0 amide bonds. The Morgan fingerprint density at radius 1 is 1.30 bits per heavy atom. The Kier molecular flexibility index (Phi) is 4.35. The molecular formula is C15H15ClN2O2. The number of carbonyl (C=O) groups is 1. The van der Waals surface area contributed by atoms with Crippen LogP contribution in [0, 0.1) is 6.92 Å². The van der Waals surface area contributed by atoms with Gasteiger partial charge in [-0.2, -0.15) is 0 Å². The minimum atomic E-state index is -0.529. The van der Waals surface area contributed by atoms with Gasteiger partial charge in [0.25, 0.3) is 0 Å². The minimum absolute atomic E-state index is 0.174. The Bertz CT molecular complexity index is 627. The van der Waals surface area contributed by atoms with E-state index in [0.717, 1.165) is 11.1 Å². The fourth-order valence-electron chi connectivity index (χ4n) is 1.78. The second-order valence-corrected chi connectivity index (χ2v) is 5.18. The van der Waals surface area contributed by atoms with Crippen molar-refractivity contribution in [3.8, 4) is 5.75 Å². The van der Waals surface area contributed by atoms with Crippen molar-refractivity contribution in [1.82, 2.24) is 9.97 Å². The van der Waals surface area contributed by atoms with Crippen molar-refractivity contribution >= 4 is 17.6 Å². The summed E-state index contributed by atoms with van der Waals surface area (Å²) >= 11 is 6.19. The van der Waals surface area contributed by atoms with Crippen molar-refractivity contribution < 1.29 is 9.53 Å². The molecule has 0 aliphatic heterocycles. The molecule has 0 saturated carbocycles. The second-order valence-electron chi connectivity index (χ2n) is 4.77. The third-order valence-electron chi connectivity index (χ3n) is 2.89. The van der Waals surface area contributed by atoms with Gasteiger partial charge in [-0.15, -0.1) is 0 Å². The van der Waals surface area contributed by atoms with Crippen molar-refractivity contribution in [1.29, 1.82) is 0 Å². The van der Waals surface area contributed by atoms with Crippen molar-refractivity contribution in [3.05, 3.63) is 52.6 Å². The zero-order chi connectivity index (χ0) is 14.7. The molecule has 0 radical (unpaired) electrons. The molecule has 2 aromatic rings. The van der Waals surface area contributed by atoms with E-state index in [1.165, 1.54) is 18.6 Å². The molecule has 1 aromatic carbocycles. The van der Waals surface area contributed by atoms with Gasteiger partial charge in [-0.3, -0.25) is 4.98 Å². The molecule has 1 aromatic heterocycles. The van der Waals surface area contributed by atoms with E-state index < -0.39 is 5.97 Å². The van der Waals surface area contributed by atoms with Crippen molar-refractivity contribution in [3.63, 3.8) is 0 Å². The molecule has 1 heterocycles. The molecule has 104 valence electrons. The molecule has 5 heteroatoms. The van der Waals surface area contributed by atoms with Gasteiger partial charge in [0.05, 0.1) is 6.20 Å². The Morgan fingerprint density at radius 2 is 2.05 bits per heavy atom. The van der Waals surface area contributed by atoms with Crippen LogP contribution in [0.25, 0.3) is 0 Å². The fourth-order valence-corrected chi connectivity index (χ4v) is 2.21. The molecule has 0 N–H and O–H groups in total. The number of esters is 1. The lowest BCUT2D eigenvalue weighted by Gasteiger charge is -2.13. The van der Waals surface area contributed by atoms with Crippen LogP contribution in [0.5, 0.6) is 5.75 Å².